The Morgan fingerprint density at radius 2 is 1.37 bits per heavy atom. The van der Waals surface area contributed by atoms with Crippen LogP contribution in [0.15, 0.2) is 94.6 Å². The van der Waals surface area contributed by atoms with E-state index in [1.807, 2.05) is 0 Å². The van der Waals surface area contributed by atoms with Crippen LogP contribution in [0.25, 0.3) is 0 Å². The third kappa shape index (κ3) is 4.03. The number of aromatic nitrogens is 1. The quantitative estimate of drug-likeness (QED) is 0.319. The predicted octanol–water partition coefficient (Wildman–Crippen LogP) is 6.14. The molecule has 1 aliphatic heterocycles. The van der Waals surface area contributed by atoms with Gasteiger partial charge in [-0.3, -0.25) is 9.36 Å². The lowest BCUT2D eigenvalue weighted by Gasteiger charge is -2.29. The van der Waals surface area contributed by atoms with E-state index in [1.54, 1.807) is 61.5 Å². The van der Waals surface area contributed by atoms with E-state index in [1.165, 1.54) is 28.8 Å². The number of anilines is 1. The van der Waals surface area contributed by atoms with Gasteiger partial charge in [0.1, 0.15) is 16.5 Å². The third-order valence-electron chi connectivity index (χ3n) is 6.07. The number of nitrogens with zero attached hydrogens (tertiary/aromatic N) is 2. The molecule has 2 heterocycles. The lowest BCUT2D eigenvalue weighted by atomic mass is 9.94. The van der Waals surface area contributed by atoms with Crippen LogP contribution < -0.4 is 9.86 Å². The summed E-state index contributed by atoms with van der Waals surface area (Å²) in [6, 6.07) is 20.3. The number of aryl methyl sites for hydroxylation is 1. The van der Waals surface area contributed by atoms with Crippen molar-refractivity contribution in [3.05, 3.63) is 128 Å². The maximum atomic E-state index is 14.9. The molecule has 0 saturated heterocycles. The fraction of sp³-hybridized carbons (Fsp3) is 0.115. The Morgan fingerprint density at radius 1 is 0.800 bits per heavy atom. The van der Waals surface area contributed by atoms with Crippen LogP contribution in [0.4, 0.5) is 10.2 Å². The second-order valence-corrected chi connectivity index (χ2v) is 11.0. The minimum absolute atomic E-state index is 0.137. The summed E-state index contributed by atoms with van der Waals surface area (Å²) in [7, 11) is -4.44. The Balaban J connectivity index is 1.83. The second-order valence-electron chi connectivity index (χ2n) is 8.32. The molecule has 0 N–H and O–H groups in total. The number of pyridine rings is 1. The molecule has 0 radical (unpaired) electrons. The molecule has 5 nitrogen and oxygen atoms in total. The van der Waals surface area contributed by atoms with Crippen molar-refractivity contribution in [1.82, 2.24) is 4.57 Å². The molecule has 0 amide bonds. The minimum Gasteiger partial charge on any atom is -0.284 e. The van der Waals surface area contributed by atoms with Crippen LogP contribution in [0.3, 0.4) is 0 Å². The van der Waals surface area contributed by atoms with Crippen LogP contribution in [0.1, 0.15) is 28.8 Å². The highest BCUT2D eigenvalue weighted by Gasteiger charge is 2.47. The molecule has 2 atom stereocenters. The molecule has 0 saturated carbocycles. The highest BCUT2D eigenvalue weighted by Crippen LogP contribution is 2.49. The Labute approximate surface area is 212 Å². The van der Waals surface area contributed by atoms with E-state index in [0.717, 1.165) is 10.4 Å². The van der Waals surface area contributed by atoms with Gasteiger partial charge in [0.2, 0.25) is 0 Å². The lowest BCUT2D eigenvalue weighted by Crippen LogP contribution is -2.34. The van der Waals surface area contributed by atoms with Gasteiger partial charge in [-0.15, -0.1) is 0 Å². The van der Waals surface area contributed by atoms with Crippen molar-refractivity contribution in [2.45, 2.75) is 23.9 Å². The van der Waals surface area contributed by atoms with Gasteiger partial charge < -0.3 is 0 Å². The van der Waals surface area contributed by atoms with E-state index < -0.39 is 32.8 Å². The standard InChI is InChI=1S/C26H19Cl2FN2O3S/c1-16-5-14-21(29)22(15-16)35(33,34)31-23-3-2-4-24(32)30(23)25(17-6-10-19(27)11-7-17)26(31)18-8-12-20(28)13-9-18/h2-15,25-26H,1H3/t25-,26+/m1/s1. The van der Waals surface area contributed by atoms with Gasteiger partial charge in [-0.25, -0.2) is 17.1 Å². The highest BCUT2D eigenvalue weighted by molar-refractivity contribution is 7.92. The first-order chi connectivity index (χ1) is 16.7. The van der Waals surface area contributed by atoms with Crippen LogP contribution in [0, 0.1) is 12.7 Å². The molecule has 178 valence electrons. The van der Waals surface area contributed by atoms with Crippen LogP contribution in [0.2, 0.25) is 10.0 Å². The maximum Gasteiger partial charge on any atom is 0.269 e. The third-order valence-corrected chi connectivity index (χ3v) is 8.38. The van der Waals surface area contributed by atoms with E-state index >= 15 is 0 Å². The summed E-state index contributed by atoms with van der Waals surface area (Å²) in [4.78, 5) is 12.7. The average Bonchev–Trinajstić information content (AvgIpc) is 3.19. The molecule has 0 spiro atoms. The number of rotatable bonds is 4. The Hall–Kier alpha value is -3.13. The number of sulfonamides is 1. The van der Waals surface area contributed by atoms with Gasteiger partial charge in [-0.2, -0.15) is 0 Å². The molecule has 1 aliphatic rings. The van der Waals surface area contributed by atoms with Crippen molar-refractivity contribution in [2.75, 3.05) is 4.31 Å². The number of benzene rings is 3. The maximum absolute atomic E-state index is 14.9. The molecule has 0 fully saturated rings. The molecule has 1 aromatic heterocycles. The van der Waals surface area contributed by atoms with Crippen molar-refractivity contribution in [3.8, 4) is 0 Å². The fourth-order valence-corrected chi connectivity index (χ4v) is 6.56. The molecule has 9 heteroatoms. The van der Waals surface area contributed by atoms with E-state index in [0.29, 0.717) is 26.7 Å². The molecular weight excluding hydrogens is 510 g/mol. The average molecular weight is 529 g/mol. The van der Waals surface area contributed by atoms with Crippen molar-refractivity contribution in [3.63, 3.8) is 0 Å². The number of halogens is 3. The first-order valence-corrected chi connectivity index (χ1v) is 12.9. The summed E-state index contributed by atoms with van der Waals surface area (Å²) in [6.07, 6.45) is 0. The van der Waals surface area contributed by atoms with Crippen LogP contribution in [-0.2, 0) is 10.0 Å². The molecule has 4 aromatic rings. The molecule has 0 unspecified atom stereocenters. The van der Waals surface area contributed by atoms with Gasteiger partial charge in [0.15, 0.2) is 0 Å². The minimum atomic E-state index is -4.44. The Morgan fingerprint density at radius 3 is 1.97 bits per heavy atom. The van der Waals surface area contributed by atoms with Gasteiger partial charge in [0.25, 0.3) is 15.6 Å². The van der Waals surface area contributed by atoms with E-state index in [9.17, 15) is 17.6 Å². The monoisotopic (exact) mass is 528 g/mol. The molecule has 35 heavy (non-hydrogen) atoms. The zero-order valence-electron chi connectivity index (χ0n) is 18.4. The van der Waals surface area contributed by atoms with Gasteiger partial charge in [-0.1, -0.05) is 59.6 Å². The van der Waals surface area contributed by atoms with Crippen molar-refractivity contribution in [1.29, 1.82) is 0 Å². The highest BCUT2D eigenvalue weighted by atomic mass is 35.5. The van der Waals surface area contributed by atoms with Gasteiger partial charge in [0, 0.05) is 16.1 Å². The zero-order chi connectivity index (χ0) is 24.9. The summed E-state index contributed by atoms with van der Waals surface area (Å²) in [5, 5.41) is 0.977. The van der Waals surface area contributed by atoms with E-state index in [2.05, 4.69) is 0 Å². The summed E-state index contributed by atoms with van der Waals surface area (Å²) in [6.45, 7) is 1.69. The molecule has 3 aromatic carbocycles. The van der Waals surface area contributed by atoms with Crippen LogP contribution in [0.5, 0.6) is 0 Å². The summed E-state index contributed by atoms with van der Waals surface area (Å²) < 4.78 is 45.6. The largest absolute Gasteiger partial charge is 0.284 e. The number of hydrogen-bond acceptors (Lipinski definition) is 3. The first-order valence-electron chi connectivity index (χ1n) is 10.7. The Bertz CT molecular complexity index is 1590. The van der Waals surface area contributed by atoms with E-state index in [4.69, 9.17) is 23.2 Å². The van der Waals surface area contributed by atoms with Gasteiger partial charge >= 0.3 is 0 Å². The van der Waals surface area contributed by atoms with Gasteiger partial charge in [-0.05, 0) is 66.1 Å². The summed E-state index contributed by atoms with van der Waals surface area (Å²) in [5.74, 6) is -0.733. The smallest absolute Gasteiger partial charge is 0.269 e. The number of hydrogen-bond donors (Lipinski definition) is 0. The SMILES string of the molecule is Cc1ccc(F)c(S(=O)(=O)N2c3cccc(=O)n3[C@H](c3ccc(Cl)cc3)[C@@H]2c2ccc(Cl)cc2)c1. The normalized spacial score (nSPS) is 17.4. The second kappa shape index (κ2) is 8.82. The number of fused-ring (bicyclic) bond motifs is 1. The summed E-state index contributed by atoms with van der Waals surface area (Å²) in [5.41, 5.74) is 1.47. The van der Waals surface area contributed by atoms with Gasteiger partial charge in [0.05, 0.1) is 12.1 Å². The Kier molecular flexibility index (Phi) is 5.95. The molecule has 5 rings (SSSR count). The summed E-state index contributed by atoms with van der Waals surface area (Å²) >= 11 is 12.2. The lowest BCUT2D eigenvalue weighted by molar-refractivity contribution is 0.525. The molecule has 0 aliphatic carbocycles. The van der Waals surface area contributed by atoms with Crippen molar-refractivity contribution in [2.24, 2.45) is 0 Å². The first kappa shape index (κ1) is 23.6. The van der Waals surface area contributed by atoms with Crippen molar-refractivity contribution < 1.29 is 12.8 Å². The van der Waals surface area contributed by atoms with Crippen LogP contribution >= 0.6 is 23.2 Å². The topological polar surface area (TPSA) is 59.4 Å². The molecule has 0 bridgehead atoms. The fourth-order valence-electron chi connectivity index (χ4n) is 4.52. The van der Waals surface area contributed by atoms with Crippen molar-refractivity contribution >= 4 is 39.0 Å². The van der Waals surface area contributed by atoms with E-state index in [-0.39, 0.29) is 11.4 Å². The molecular formula is C26H19Cl2FN2O3S. The zero-order valence-corrected chi connectivity index (χ0v) is 20.7. The predicted molar refractivity (Wildman–Crippen MR) is 135 cm³/mol. The van der Waals surface area contributed by atoms with Crippen LogP contribution in [-0.4, -0.2) is 13.0 Å².